The minimum absolute atomic E-state index is 0.0302. The topological polar surface area (TPSA) is 55.1 Å². The van der Waals surface area contributed by atoms with Crippen LogP contribution in [-0.4, -0.2) is 30.0 Å². The molecule has 0 aromatic heterocycles. The third kappa shape index (κ3) is 6.14. The zero-order valence-corrected chi connectivity index (χ0v) is 12.9. The Bertz CT molecular complexity index is 473. The fourth-order valence-electron chi connectivity index (χ4n) is 1.64. The molecule has 1 atom stereocenters. The van der Waals surface area contributed by atoms with Gasteiger partial charge >= 0.3 is 0 Å². The van der Waals surface area contributed by atoms with Crippen LogP contribution < -0.4 is 11.1 Å². The Labute approximate surface area is 125 Å². The number of thioether (sulfide) groups is 1. The van der Waals surface area contributed by atoms with Crippen LogP contribution in [0.25, 0.3) is 0 Å². The number of rotatable bonds is 6. The molecule has 1 amide bonds. The average molecular weight is 290 g/mol. The van der Waals surface area contributed by atoms with Gasteiger partial charge in [0.15, 0.2) is 0 Å². The molecule has 0 heterocycles. The van der Waals surface area contributed by atoms with Crippen LogP contribution in [0.2, 0.25) is 0 Å². The van der Waals surface area contributed by atoms with Crippen molar-refractivity contribution in [1.82, 2.24) is 5.32 Å². The minimum atomic E-state index is -0.0302. The lowest BCUT2D eigenvalue weighted by molar-refractivity contribution is 0.0939. The molecule has 0 saturated carbocycles. The van der Waals surface area contributed by atoms with Crippen LogP contribution in [0, 0.1) is 11.8 Å². The lowest BCUT2D eigenvalue weighted by Crippen LogP contribution is -2.32. The van der Waals surface area contributed by atoms with Crippen LogP contribution >= 0.6 is 11.8 Å². The predicted octanol–water partition coefficient (Wildman–Crippen LogP) is 2.26. The fraction of sp³-hybridized carbons (Fsp3) is 0.438. The van der Waals surface area contributed by atoms with E-state index in [9.17, 15) is 4.79 Å². The molecular weight excluding hydrogens is 268 g/mol. The van der Waals surface area contributed by atoms with E-state index in [1.54, 1.807) is 12.1 Å². The second-order valence-corrected chi connectivity index (χ2v) is 5.84. The maximum atomic E-state index is 12.0. The molecule has 1 rings (SSSR count). The normalized spacial score (nSPS) is 11.3. The number of nitrogens with two attached hydrogens (primary N) is 1. The van der Waals surface area contributed by atoms with Crippen molar-refractivity contribution in [2.45, 2.75) is 26.3 Å². The minimum Gasteiger partial charge on any atom is -0.350 e. The second-order valence-electron chi connectivity index (χ2n) is 4.44. The molecule has 4 heteroatoms. The number of nitrogens with one attached hydrogen (secondary N) is 1. The van der Waals surface area contributed by atoms with Crippen molar-refractivity contribution in [3.05, 3.63) is 35.4 Å². The molecule has 0 bridgehead atoms. The largest absolute Gasteiger partial charge is 0.350 e. The van der Waals surface area contributed by atoms with Crippen molar-refractivity contribution < 1.29 is 4.79 Å². The third-order valence-electron chi connectivity index (χ3n) is 2.76. The summed E-state index contributed by atoms with van der Waals surface area (Å²) < 4.78 is 0. The average Bonchev–Trinajstić information content (AvgIpc) is 2.46. The van der Waals surface area contributed by atoms with Crippen molar-refractivity contribution in [2.75, 3.05) is 18.1 Å². The smallest absolute Gasteiger partial charge is 0.251 e. The van der Waals surface area contributed by atoms with E-state index in [2.05, 4.69) is 24.1 Å². The molecule has 1 unspecified atom stereocenters. The lowest BCUT2D eigenvalue weighted by atomic mass is 10.1. The molecule has 0 aliphatic heterocycles. The standard InChI is InChI=1S/C16H22N2OS/c1-3-20-12-10-13(2)18-16(19)15-8-6-14(7-9-15)5-4-11-17/h6-9,13H,3,10-12,17H2,1-2H3,(H,18,19). The van der Waals surface area contributed by atoms with Gasteiger partial charge in [-0.1, -0.05) is 18.8 Å². The Balaban J connectivity index is 2.50. The monoisotopic (exact) mass is 290 g/mol. The Morgan fingerprint density at radius 2 is 2.10 bits per heavy atom. The van der Waals surface area contributed by atoms with Crippen molar-refractivity contribution in [3.8, 4) is 11.8 Å². The van der Waals surface area contributed by atoms with Crippen molar-refractivity contribution >= 4 is 17.7 Å². The van der Waals surface area contributed by atoms with Gasteiger partial charge in [-0.3, -0.25) is 4.79 Å². The number of amides is 1. The molecule has 0 radical (unpaired) electrons. The molecule has 0 aliphatic rings. The van der Waals surface area contributed by atoms with Gasteiger partial charge in [0.05, 0.1) is 6.54 Å². The number of benzene rings is 1. The summed E-state index contributed by atoms with van der Waals surface area (Å²) in [4.78, 5) is 12.0. The third-order valence-corrected chi connectivity index (χ3v) is 3.69. The van der Waals surface area contributed by atoms with Gasteiger partial charge in [-0.05, 0) is 49.1 Å². The highest BCUT2D eigenvalue weighted by atomic mass is 32.2. The lowest BCUT2D eigenvalue weighted by Gasteiger charge is -2.13. The maximum Gasteiger partial charge on any atom is 0.251 e. The molecule has 0 fully saturated rings. The van der Waals surface area contributed by atoms with Gasteiger partial charge < -0.3 is 11.1 Å². The van der Waals surface area contributed by atoms with E-state index in [0.29, 0.717) is 12.1 Å². The summed E-state index contributed by atoms with van der Waals surface area (Å²) in [5.41, 5.74) is 6.86. The fourth-order valence-corrected chi connectivity index (χ4v) is 2.45. The zero-order valence-electron chi connectivity index (χ0n) is 12.1. The highest BCUT2D eigenvalue weighted by molar-refractivity contribution is 7.99. The number of carbonyl (C=O) groups excluding carboxylic acids is 1. The van der Waals surface area contributed by atoms with Gasteiger partial charge in [-0.25, -0.2) is 0 Å². The van der Waals surface area contributed by atoms with Crippen LogP contribution in [0.3, 0.4) is 0 Å². The van der Waals surface area contributed by atoms with Gasteiger partial charge in [0.25, 0.3) is 5.91 Å². The molecule has 3 N–H and O–H groups in total. The Kier molecular flexibility index (Phi) is 7.86. The number of hydrogen-bond acceptors (Lipinski definition) is 3. The zero-order chi connectivity index (χ0) is 14.8. The Morgan fingerprint density at radius 1 is 1.40 bits per heavy atom. The Hall–Kier alpha value is -1.44. The van der Waals surface area contributed by atoms with Crippen LogP contribution in [0.4, 0.5) is 0 Å². The first-order valence-corrected chi connectivity index (χ1v) is 8.00. The van der Waals surface area contributed by atoms with Crippen molar-refractivity contribution in [2.24, 2.45) is 5.73 Å². The van der Waals surface area contributed by atoms with Gasteiger partial charge in [-0.15, -0.1) is 0 Å². The van der Waals surface area contributed by atoms with Crippen molar-refractivity contribution in [3.63, 3.8) is 0 Å². The number of carbonyl (C=O) groups is 1. The highest BCUT2D eigenvalue weighted by Gasteiger charge is 2.09. The summed E-state index contributed by atoms with van der Waals surface area (Å²) >= 11 is 1.89. The van der Waals surface area contributed by atoms with E-state index in [4.69, 9.17) is 5.73 Å². The van der Waals surface area contributed by atoms with E-state index in [0.717, 1.165) is 23.5 Å². The van der Waals surface area contributed by atoms with Crippen LogP contribution in [-0.2, 0) is 0 Å². The summed E-state index contributed by atoms with van der Waals surface area (Å²) in [6, 6.07) is 7.47. The van der Waals surface area contributed by atoms with Crippen LogP contribution in [0.15, 0.2) is 24.3 Å². The quantitative estimate of drug-likeness (QED) is 0.624. The van der Waals surface area contributed by atoms with E-state index in [1.165, 1.54) is 0 Å². The maximum absolute atomic E-state index is 12.0. The molecule has 108 valence electrons. The second kappa shape index (κ2) is 9.46. The summed E-state index contributed by atoms with van der Waals surface area (Å²) in [6.45, 7) is 4.52. The van der Waals surface area contributed by atoms with Gasteiger partial charge in [0, 0.05) is 17.2 Å². The molecule has 20 heavy (non-hydrogen) atoms. The molecule has 1 aromatic carbocycles. The summed E-state index contributed by atoms with van der Waals surface area (Å²) in [6.07, 6.45) is 0.990. The highest BCUT2D eigenvalue weighted by Crippen LogP contribution is 2.06. The molecule has 0 aliphatic carbocycles. The van der Waals surface area contributed by atoms with Gasteiger partial charge in [-0.2, -0.15) is 11.8 Å². The summed E-state index contributed by atoms with van der Waals surface area (Å²) in [5, 5.41) is 3.01. The summed E-state index contributed by atoms with van der Waals surface area (Å²) in [7, 11) is 0. The van der Waals surface area contributed by atoms with Crippen LogP contribution in [0.1, 0.15) is 36.2 Å². The molecule has 0 spiro atoms. The van der Waals surface area contributed by atoms with Gasteiger partial charge in [0.1, 0.15) is 0 Å². The first-order valence-electron chi connectivity index (χ1n) is 6.85. The molecule has 3 nitrogen and oxygen atoms in total. The van der Waals surface area contributed by atoms with E-state index in [1.807, 2.05) is 30.8 Å². The molecule has 0 saturated heterocycles. The van der Waals surface area contributed by atoms with E-state index >= 15 is 0 Å². The number of hydrogen-bond donors (Lipinski definition) is 2. The molecule has 1 aromatic rings. The van der Waals surface area contributed by atoms with Crippen LogP contribution in [0.5, 0.6) is 0 Å². The van der Waals surface area contributed by atoms with E-state index in [-0.39, 0.29) is 11.9 Å². The first kappa shape index (κ1) is 16.6. The predicted molar refractivity (Wildman–Crippen MR) is 86.9 cm³/mol. The van der Waals surface area contributed by atoms with Gasteiger partial charge in [0.2, 0.25) is 0 Å². The van der Waals surface area contributed by atoms with Crippen molar-refractivity contribution in [1.29, 1.82) is 0 Å². The Morgan fingerprint density at radius 3 is 2.70 bits per heavy atom. The summed E-state index contributed by atoms with van der Waals surface area (Å²) in [5.74, 6) is 7.89. The first-order chi connectivity index (χ1) is 9.67. The SMILES string of the molecule is CCSCCC(C)NC(=O)c1ccc(C#CCN)cc1. The van der Waals surface area contributed by atoms with E-state index < -0.39 is 0 Å². The molecular formula is C16H22N2OS.